The van der Waals surface area contributed by atoms with Gasteiger partial charge in [0.2, 0.25) is 0 Å². The molecule has 232 valence electrons. The van der Waals surface area contributed by atoms with Crippen molar-refractivity contribution in [1.82, 2.24) is 0 Å². The van der Waals surface area contributed by atoms with Gasteiger partial charge >= 0.3 is 7.60 Å². The van der Waals surface area contributed by atoms with Crippen LogP contribution in [0.1, 0.15) is 83.5 Å². The fourth-order valence-electron chi connectivity index (χ4n) is 5.78. The Morgan fingerprint density at radius 2 is 0.932 bits per heavy atom. The van der Waals surface area contributed by atoms with Gasteiger partial charge in [0.25, 0.3) is 0 Å². The topological polar surface area (TPSA) is 142 Å². The molecule has 1 atom stereocenters. The van der Waals surface area contributed by atoms with Crippen LogP contribution in [0.25, 0.3) is 0 Å². The van der Waals surface area contributed by atoms with Gasteiger partial charge in [-0.05, 0) is 89.9 Å². The van der Waals surface area contributed by atoms with E-state index in [0.717, 1.165) is 33.4 Å². The Balaban J connectivity index is 1.79. The Hall–Kier alpha value is -3.81. The second-order valence-electron chi connectivity index (χ2n) is 12.0. The Morgan fingerprint density at radius 1 is 0.614 bits per heavy atom. The van der Waals surface area contributed by atoms with Crippen molar-refractivity contribution in [1.29, 1.82) is 0 Å². The van der Waals surface area contributed by atoms with Crippen LogP contribution in [0, 0.1) is 0 Å². The molecule has 8 bridgehead atoms. The Kier molecular flexibility index (Phi) is 9.10. The molecule has 0 radical (unpaired) electrons. The van der Waals surface area contributed by atoms with Crippen LogP contribution in [-0.2, 0) is 30.2 Å². The lowest BCUT2D eigenvalue weighted by molar-refractivity contribution is 0.238. The molecule has 0 heterocycles. The quantitative estimate of drug-likeness (QED) is 0.136. The summed E-state index contributed by atoms with van der Waals surface area (Å²) in [7, 11) is -4.69. The van der Waals surface area contributed by atoms with E-state index in [1.165, 1.54) is 0 Å². The summed E-state index contributed by atoms with van der Waals surface area (Å²) in [6, 6.07) is 20.4. The average Bonchev–Trinajstić information content (AvgIpc) is 2.94. The summed E-state index contributed by atoms with van der Waals surface area (Å²) in [6.07, 6.45) is 0.957. The minimum Gasteiger partial charge on any atom is -0.507 e. The van der Waals surface area contributed by atoms with E-state index in [1.54, 1.807) is 12.1 Å². The molecule has 0 amide bonds. The molecule has 0 spiro atoms. The number of ether oxygens (including phenoxy) is 2. The van der Waals surface area contributed by atoms with E-state index in [2.05, 4.69) is 0 Å². The van der Waals surface area contributed by atoms with E-state index >= 15 is 0 Å². The second-order valence-corrected chi connectivity index (χ2v) is 13.7. The fraction of sp³-hybridized carbons (Fsp3) is 0.314. The Morgan fingerprint density at radius 3 is 1.27 bits per heavy atom. The van der Waals surface area contributed by atoms with Gasteiger partial charge in [-0.3, -0.25) is 4.57 Å². The summed E-state index contributed by atoms with van der Waals surface area (Å²) in [5.41, 5.74) is 12.0. The first kappa shape index (κ1) is 31.6. The first-order valence-corrected chi connectivity index (χ1v) is 16.5. The van der Waals surface area contributed by atoms with Gasteiger partial charge in [0.15, 0.2) is 0 Å². The van der Waals surface area contributed by atoms with Crippen LogP contribution < -0.4 is 15.2 Å². The molecule has 9 heteroatoms. The number of phenolic OH excluding ortho intramolecular Hbond substituents is 2. The molecule has 4 aromatic rings. The Bertz CT molecular complexity index is 1620. The number of hydrogen-bond donors (Lipinski definition) is 5. The normalized spacial score (nSPS) is 14.0. The largest absolute Gasteiger partial charge is 0.507 e. The first-order valence-electron chi connectivity index (χ1n) is 14.8. The maximum Gasteiger partial charge on any atom is 0.346 e. The molecule has 5 rings (SSSR count). The summed E-state index contributed by atoms with van der Waals surface area (Å²) in [5.74, 6) is -0.0378. The van der Waals surface area contributed by atoms with Crippen molar-refractivity contribution in [3.8, 4) is 23.0 Å². The number of rotatable bonds is 6. The SMILES string of the molecule is CC(C)Oc1c2cccc1Cc1cc([C@@H](N)P(=O)(O)O)cc(c1O)Cc1cccc(c1OC(C)C)Cc1cccc(c1O)C2. The predicted octanol–water partition coefficient (Wildman–Crippen LogP) is 6.48. The van der Waals surface area contributed by atoms with E-state index < -0.39 is 13.4 Å². The number of aromatic hydroxyl groups is 2. The van der Waals surface area contributed by atoms with Crippen molar-refractivity contribution < 1.29 is 34.0 Å². The van der Waals surface area contributed by atoms with Crippen LogP contribution in [0.15, 0.2) is 66.7 Å². The van der Waals surface area contributed by atoms with Gasteiger partial charge in [-0.15, -0.1) is 0 Å². The fourth-order valence-corrected chi connectivity index (χ4v) is 6.32. The number of phenols is 2. The van der Waals surface area contributed by atoms with Gasteiger partial charge in [0.1, 0.15) is 28.8 Å². The van der Waals surface area contributed by atoms with Gasteiger partial charge in [0, 0.05) is 25.7 Å². The zero-order valence-corrected chi connectivity index (χ0v) is 26.3. The zero-order valence-electron chi connectivity index (χ0n) is 25.4. The van der Waals surface area contributed by atoms with Gasteiger partial charge < -0.3 is 35.2 Å². The molecule has 1 aliphatic carbocycles. The van der Waals surface area contributed by atoms with Gasteiger partial charge in [0.05, 0.1) is 12.2 Å². The third-order valence-electron chi connectivity index (χ3n) is 7.78. The lowest BCUT2D eigenvalue weighted by Crippen LogP contribution is -2.13. The summed E-state index contributed by atoms with van der Waals surface area (Å²) in [4.78, 5) is 19.9. The van der Waals surface area contributed by atoms with E-state index in [-0.39, 0.29) is 42.1 Å². The third kappa shape index (κ3) is 6.79. The number of para-hydroxylation sites is 3. The highest BCUT2D eigenvalue weighted by molar-refractivity contribution is 7.52. The lowest BCUT2D eigenvalue weighted by atomic mass is 9.90. The highest BCUT2D eigenvalue weighted by Crippen LogP contribution is 2.49. The Labute approximate surface area is 258 Å². The number of hydrogen-bond acceptors (Lipinski definition) is 6. The van der Waals surface area contributed by atoms with Crippen molar-refractivity contribution in [2.45, 2.75) is 71.4 Å². The van der Waals surface area contributed by atoms with Crippen LogP contribution in [0.2, 0.25) is 0 Å². The maximum absolute atomic E-state index is 12.3. The van der Waals surface area contributed by atoms with Crippen molar-refractivity contribution >= 4 is 7.60 Å². The van der Waals surface area contributed by atoms with E-state index in [4.69, 9.17) is 15.2 Å². The third-order valence-corrected chi connectivity index (χ3v) is 8.81. The summed E-state index contributed by atoms with van der Waals surface area (Å²) < 4.78 is 24.9. The highest BCUT2D eigenvalue weighted by atomic mass is 31.2. The van der Waals surface area contributed by atoms with E-state index in [1.807, 2.05) is 82.3 Å². The molecule has 0 fully saturated rings. The zero-order chi connectivity index (χ0) is 31.8. The van der Waals surface area contributed by atoms with Gasteiger partial charge in [-0.25, -0.2) is 0 Å². The van der Waals surface area contributed by atoms with Crippen LogP contribution >= 0.6 is 7.60 Å². The molecule has 0 saturated carbocycles. The molecule has 4 aromatic carbocycles. The van der Waals surface area contributed by atoms with Crippen LogP contribution in [0.4, 0.5) is 0 Å². The number of nitrogens with two attached hydrogens (primary N) is 1. The minimum absolute atomic E-state index is 0.0171. The lowest BCUT2D eigenvalue weighted by Gasteiger charge is -2.23. The molecule has 44 heavy (non-hydrogen) atoms. The number of benzene rings is 4. The monoisotopic (exact) mass is 617 g/mol. The van der Waals surface area contributed by atoms with Gasteiger partial charge in [-0.2, -0.15) is 0 Å². The minimum atomic E-state index is -4.69. The molecule has 0 saturated heterocycles. The van der Waals surface area contributed by atoms with Gasteiger partial charge in [-0.1, -0.05) is 54.6 Å². The first-order chi connectivity index (χ1) is 20.8. The van der Waals surface area contributed by atoms with Crippen LogP contribution in [0.5, 0.6) is 23.0 Å². The molecule has 0 unspecified atom stereocenters. The van der Waals surface area contributed by atoms with E-state index in [0.29, 0.717) is 35.5 Å². The number of fused-ring (bicyclic) bond motifs is 8. The summed E-state index contributed by atoms with van der Waals surface area (Å²) in [5, 5.41) is 23.1. The summed E-state index contributed by atoms with van der Waals surface area (Å²) >= 11 is 0. The summed E-state index contributed by atoms with van der Waals surface area (Å²) in [6.45, 7) is 7.74. The standard InChI is InChI=1S/C35H40NO7P/c1-20(2)42-33-24-10-6-12-26(33)16-28-18-30(35(36)44(39,40)41)19-29(32(28)38)17-27-13-7-11-25(34(27)43-21(3)4)15-23-9-5-8-22(14-24)31(23)37/h5-13,18-21,35,37-38H,14-17,36H2,1-4H3,(H2,39,40,41)/t35-/m0/s1. The van der Waals surface area contributed by atoms with E-state index in [9.17, 15) is 24.6 Å². The molecular weight excluding hydrogens is 577 g/mol. The van der Waals surface area contributed by atoms with Crippen molar-refractivity contribution in [2.24, 2.45) is 5.73 Å². The smallest absolute Gasteiger partial charge is 0.346 e. The molecule has 0 aromatic heterocycles. The average molecular weight is 618 g/mol. The molecular formula is C35H40NO7P. The maximum atomic E-state index is 12.3. The van der Waals surface area contributed by atoms with Crippen LogP contribution in [-0.4, -0.2) is 32.2 Å². The molecule has 1 aliphatic rings. The second kappa shape index (κ2) is 12.7. The van der Waals surface area contributed by atoms with Crippen molar-refractivity contribution in [3.63, 3.8) is 0 Å². The van der Waals surface area contributed by atoms with Crippen molar-refractivity contribution in [3.05, 3.63) is 117 Å². The van der Waals surface area contributed by atoms with Crippen LogP contribution in [0.3, 0.4) is 0 Å². The molecule has 8 nitrogen and oxygen atoms in total. The highest BCUT2D eigenvalue weighted by Gasteiger charge is 2.29. The predicted molar refractivity (Wildman–Crippen MR) is 171 cm³/mol. The molecule has 6 N–H and O–H groups in total. The van der Waals surface area contributed by atoms with Crippen molar-refractivity contribution in [2.75, 3.05) is 0 Å². The molecule has 0 aliphatic heterocycles.